The van der Waals surface area contributed by atoms with Gasteiger partial charge in [-0.15, -0.1) is 12.6 Å². The van der Waals surface area contributed by atoms with Crippen LogP contribution in [0.5, 0.6) is 0 Å². The molecular formula is C16H24NO3S3+. The van der Waals surface area contributed by atoms with Gasteiger partial charge < -0.3 is 0 Å². The molecule has 0 saturated carbocycles. The Morgan fingerprint density at radius 3 is 2.22 bits per heavy atom. The molecule has 0 fully saturated rings. The molecule has 7 heteroatoms. The maximum Gasteiger partial charge on any atom is 0.285 e. The van der Waals surface area contributed by atoms with Gasteiger partial charge in [0, 0.05) is 18.7 Å². The molecule has 1 aromatic rings. The van der Waals surface area contributed by atoms with E-state index in [-0.39, 0.29) is 15.0 Å². The zero-order chi connectivity index (χ0) is 18.2. The smallest absolute Gasteiger partial charge is 0.285 e. The second-order valence-electron chi connectivity index (χ2n) is 5.80. The summed E-state index contributed by atoms with van der Waals surface area (Å²) in [7, 11) is -1.17. The van der Waals surface area contributed by atoms with E-state index in [1.165, 1.54) is 25.6 Å². The first kappa shape index (κ1) is 22.1. The average molecular weight is 375 g/mol. The molecule has 128 valence electrons. The highest BCUT2D eigenvalue weighted by Crippen LogP contribution is 2.22. The molecule has 0 radical (unpaired) electrons. The van der Waals surface area contributed by atoms with Crippen LogP contribution in [-0.2, 0) is 20.6 Å². The molecule has 0 spiro atoms. The predicted octanol–water partition coefficient (Wildman–Crippen LogP) is 2.06. The van der Waals surface area contributed by atoms with E-state index in [4.69, 9.17) is 0 Å². The average Bonchev–Trinajstić information content (AvgIpc) is 2.36. The number of rotatable bonds is 3. The van der Waals surface area contributed by atoms with Crippen LogP contribution in [-0.4, -0.2) is 25.4 Å². The predicted molar refractivity (Wildman–Crippen MR) is 101 cm³/mol. The van der Waals surface area contributed by atoms with Crippen LogP contribution in [0.4, 0.5) is 0 Å². The van der Waals surface area contributed by atoms with Crippen molar-refractivity contribution < 1.29 is 18.2 Å². The summed E-state index contributed by atoms with van der Waals surface area (Å²) >= 11 is 4.51. The molecule has 0 bridgehead atoms. The molecule has 0 aromatic heterocycles. The maximum absolute atomic E-state index is 12.0. The van der Waals surface area contributed by atoms with Crippen molar-refractivity contribution in [3.05, 3.63) is 29.3 Å². The van der Waals surface area contributed by atoms with Gasteiger partial charge in [-0.3, -0.25) is 9.59 Å². The molecule has 23 heavy (non-hydrogen) atoms. The van der Waals surface area contributed by atoms with Gasteiger partial charge in [0.05, 0.1) is 10.3 Å². The third kappa shape index (κ3) is 10.5. The lowest BCUT2D eigenvalue weighted by Gasteiger charge is -2.08. The van der Waals surface area contributed by atoms with Gasteiger partial charge in [-0.25, -0.2) is 0 Å². The Labute approximate surface area is 150 Å². The van der Waals surface area contributed by atoms with Crippen molar-refractivity contribution in [2.45, 2.75) is 51.2 Å². The number of benzene rings is 1. The standard InChI is InChI=1S/C14H19NO2S2.C2H4OS/c1-10-6-7-13(18-11(2)16)12(8-10)9-15-19(17)14(3,4)5;1-2(3)4/h6-9H,1-5H3;1H3,(H,3,4)/p+1. The minimum absolute atomic E-state index is 0.0375. The first-order valence-corrected chi connectivity index (χ1v) is 9.34. The molecule has 0 aliphatic rings. The highest BCUT2D eigenvalue weighted by molar-refractivity contribution is 8.13. The van der Waals surface area contributed by atoms with Crippen molar-refractivity contribution in [3.8, 4) is 0 Å². The number of nitrogens with one attached hydrogen (secondary N) is 1. The fourth-order valence-electron chi connectivity index (χ4n) is 1.32. The van der Waals surface area contributed by atoms with Crippen LogP contribution in [0.15, 0.2) is 23.1 Å². The largest absolute Gasteiger partial charge is 0.288 e. The van der Waals surface area contributed by atoms with Gasteiger partial charge in [0.25, 0.3) is 11.0 Å². The Bertz CT molecular complexity index is 615. The summed E-state index contributed by atoms with van der Waals surface area (Å²) in [4.78, 5) is 21.4. The Morgan fingerprint density at radius 1 is 1.26 bits per heavy atom. The van der Waals surface area contributed by atoms with Gasteiger partial charge in [-0.1, -0.05) is 23.4 Å². The van der Waals surface area contributed by atoms with E-state index in [9.17, 15) is 13.8 Å². The van der Waals surface area contributed by atoms with Crippen molar-refractivity contribution in [1.82, 2.24) is 0 Å². The third-order valence-electron chi connectivity index (χ3n) is 2.30. The van der Waals surface area contributed by atoms with E-state index in [1.807, 2.05) is 45.9 Å². The van der Waals surface area contributed by atoms with Crippen molar-refractivity contribution >= 4 is 51.8 Å². The lowest BCUT2D eigenvalue weighted by atomic mass is 10.1. The molecule has 4 nitrogen and oxygen atoms in total. The van der Waals surface area contributed by atoms with Gasteiger partial charge in [-0.05, 0) is 39.8 Å². The molecule has 0 amide bonds. The fraction of sp³-hybridized carbons (Fsp3) is 0.438. The van der Waals surface area contributed by atoms with Crippen LogP contribution in [0.1, 0.15) is 45.7 Å². The number of aryl methyl sites for hydroxylation is 1. The number of thiol groups is 1. The lowest BCUT2D eigenvalue weighted by molar-refractivity contribution is -0.252. The van der Waals surface area contributed by atoms with Gasteiger partial charge in [0.1, 0.15) is 0 Å². The molecule has 0 aliphatic carbocycles. The van der Waals surface area contributed by atoms with Crippen LogP contribution in [0, 0.1) is 6.92 Å². The van der Waals surface area contributed by atoms with E-state index in [0.717, 1.165) is 16.0 Å². The van der Waals surface area contributed by atoms with Gasteiger partial charge in [-0.2, -0.15) is 8.61 Å². The Balaban J connectivity index is 0.00000108. The molecular weight excluding hydrogens is 350 g/mol. The summed E-state index contributed by atoms with van der Waals surface area (Å²) in [6, 6.07) is 5.84. The summed E-state index contributed by atoms with van der Waals surface area (Å²) in [6.07, 6.45) is 1.72. The summed E-state index contributed by atoms with van der Waals surface area (Å²) < 4.78 is 14.5. The molecule has 1 rings (SSSR count). The summed E-state index contributed by atoms with van der Waals surface area (Å²) in [5.74, 6) is 0. The van der Waals surface area contributed by atoms with Crippen molar-refractivity contribution in [2.75, 3.05) is 0 Å². The molecule has 0 aliphatic heterocycles. The van der Waals surface area contributed by atoms with Crippen LogP contribution >= 0.6 is 24.4 Å². The second kappa shape index (κ2) is 10.1. The van der Waals surface area contributed by atoms with Crippen molar-refractivity contribution in [3.63, 3.8) is 0 Å². The molecule has 1 aromatic carbocycles. The van der Waals surface area contributed by atoms with Gasteiger partial charge >= 0.3 is 0 Å². The van der Waals surface area contributed by atoms with E-state index in [1.54, 1.807) is 6.21 Å². The minimum atomic E-state index is -1.17. The van der Waals surface area contributed by atoms with E-state index in [2.05, 4.69) is 17.0 Å². The number of carbonyl (C=O) groups is 2. The SMILES string of the molecule is CC(=O)S.CC(=O)Sc1ccc(C)cc1C=[NH+]S(=O)C(C)(C)C. The van der Waals surface area contributed by atoms with Crippen LogP contribution in [0.2, 0.25) is 0 Å². The molecule has 0 heterocycles. The van der Waals surface area contributed by atoms with Crippen LogP contribution < -0.4 is 4.40 Å². The second-order valence-corrected chi connectivity index (χ2v) is 9.64. The normalized spacial score (nSPS) is 12.5. The lowest BCUT2D eigenvalue weighted by Crippen LogP contribution is -2.74. The Kier molecular flexibility index (Phi) is 9.65. The zero-order valence-corrected chi connectivity index (χ0v) is 16.8. The van der Waals surface area contributed by atoms with Crippen molar-refractivity contribution in [1.29, 1.82) is 0 Å². The minimum Gasteiger partial charge on any atom is -0.288 e. The monoisotopic (exact) mass is 374 g/mol. The topological polar surface area (TPSA) is 65.2 Å². The molecule has 1 atom stereocenters. The summed E-state index contributed by atoms with van der Waals surface area (Å²) in [5.41, 5.74) is 1.99. The van der Waals surface area contributed by atoms with Gasteiger partial charge in [0.15, 0.2) is 16.4 Å². The molecule has 1 unspecified atom stereocenters. The Hall–Kier alpha value is -0.920. The van der Waals surface area contributed by atoms with E-state index in [0.29, 0.717) is 0 Å². The summed E-state index contributed by atoms with van der Waals surface area (Å²) in [5, 5.41) is -0.101. The maximum atomic E-state index is 12.0. The van der Waals surface area contributed by atoms with Gasteiger partial charge in [0.2, 0.25) is 0 Å². The molecule has 0 saturated heterocycles. The van der Waals surface area contributed by atoms with E-state index >= 15 is 0 Å². The number of hydrogen-bond donors (Lipinski definition) is 2. The zero-order valence-electron chi connectivity index (χ0n) is 14.3. The number of thioether (sulfide) groups is 1. The Morgan fingerprint density at radius 2 is 1.78 bits per heavy atom. The van der Waals surface area contributed by atoms with Crippen molar-refractivity contribution in [2.24, 2.45) is 0 Å². The first-order valence-electron chi connectivity index (χ1n) is 6.93. The highest BCUT2D eigenvalue weighted by atomic mass is 32.2. The number of carbonyl (C=O) groups excluding carboxylic acids is 2. The van der Waals surface area contributed by atoms with Crippen LogP contribution in [0.3, 0.4) is 0 Å². The highest BCUT2D eigenvalue weighted by Gasteiger charge is 2.24. The van der Waals surface area contributed by atoms with E-state index < -0.39 is 11.0 Å². The first-order chi connectivity index (χ1) is 10.4. The third-order valence-corrected chi connectivity index (χ3v) is 4.62. The summed E-state index contributed by atoms with van der Waals surface area (Å²) in [6.45, 7) is 10.6. The molecule has 1 N–H and O–H groups in total. The fourth-order valence-corrected chi connectivity index (χ4v) is 2.59. The van der Waals surface area contributed by atoms with Crippen LogP contribution in [0.25, 0.3) is 0 Å². The number of hydrogen-bond acceptors (Lipinski definition) is 4. The quantitative estimate of drug-likeness (QED) is 0.483.